The van der Waals surface area contributed by atoms with Gasteiger partial charge < -0.3 is 15.5 Å². The fourth-order valence-corrected chi connectivity index (χ4v) is 1.28. The van der Waals surface area contributed by atoms with Crippen molar-refractivity contribution in [2.24, 2.45) is 0 Å². The number of hydrogen-bond donors (Lipinski definition) is 3. The molecule has 1 aromatic rings. The number of aliphatic hydroxyl groups excluding tert-OH is 1. The van der Waals surface area contributed by atoms with E-state index in [9.17, 15) is 9.18 Å². The largest absolute Gasteiger partial charge is 0.478 e. The van der Waals surface area contributed by atoms with Crippen LogP contribution in [0, 0.1) is 5.82 Å². The third kappa shape index (κ3) is 3.60. The van der Waals surface area contributed by atoms with E-state index in [4.69, 9.17) is 10.2 Å². The number of rotatable bonds is 6. The van der Waals surface area contributed by atoms with E-state index in [1.165, 1.54) is 12.1 Å². The second-order valence-corrected chi connectivity index (χ2v) is 3.37. The number of carbonyl (C=O) groups is 1. The Bertz CT molecular complexity index is 368. The van der Waals surface area contributed by atoms with Gasteiger partial charge in [-0.3, -0.25) is 0 Å². The van der Waals surface area contributed by atoms with Gasteiger partial charge in [0.25, 0.3) is 0 Å². The van der Waals surface area contributed by atoms with Crippen LogP contribution in [0.5, 0.6) is 0 Å². The van der Waals surface area contributed by atoms with Crippen molar-refractivity contribution in [2.75, 3.05) is 13.2 Å². The van der Waals surface area contributed by atoms with Crippen LogP contribution in [0.1, 0.15) is 22.3 Å². The fourth-order valence-electron chi connectivity index (χ4n) is 1.28. The minimum absolute atomic E-state index is 0.110. The molecule has 5 heteroatoms. The first-order valence-corrected chi connectivity index (χ1v) is 4.98. The number of hydrogen-bond acceptors (Lipinski definition) is 3. The highest BCUT2D eigenvalue weighted by atomic mass is 19.1. The molecule has 1 aromatic carbocycles. The first-order valence-electron chi connectivity index (χ1n) is 4.98. The Hall–Kier alpha value is -1.46. The molecule has 0 spiro atoms. The molecule has 0 aromatic heterocycles. The molecular weight excluding hydrogens is 213 g/mol. The maximum Gasteiger partial charge on any atom is 0.338 e. The smallest absolute Gasteiger partial charge is 0.338 e. The molecule has 0 bridgehead atoms. The lowest BCUT2D eigenvalue weighted by atomic mass is 10.1. The first kappa shape index (κ1) is 12.6. The maximum absolute atomic E-state index is 13.2. The molecule has 16 heavy (non-hydrogen) atoms. The quantitative estimate of drug-likeness (QED) is 0.634. The summed E-state index contributed by atoms with van der Waals surface area (Å²) in [7, 11) is 0. The summed E-state index contributed by atoms with van der Waals surface area (Å²) >= 11 is 0. The molecule has 1 rings (SSSR count). The third-order valence-electron chi connectivity index (χ3n) is 2.10. The zero-order valence-electron chi connectivity index (χ0n) is 8.74. The second-order valence-electron chi connectivity index (χ2n) is 3.37. The molecule has 0 fully saturated rings. The van der Waals surface area contributed by atoms with Gasteiger partial charge >= 0.3 is 5.97 Å². The molecule has 0 aliphatic rings. The highest BCUT2D eigenvalue weighted by Crippen LogP contribution is 2.10. The topological polar surface area (TPSA) is 69.6 Å². The SMILES string of the molecule is O=C(O)c1ccc(CNCCCO)cc1F. The van der Waals surface area contributed by atoms with Crippen molar-refractivity contribution in [3.05, 3.63) is 35.1 Å². The molecule has 0 saturated carbocycles. The Morgan fingerprint density at radius 3 is 2.75 bits per heavy atom. The summed E-state index contributed by atoms with van der Waals surface area (Å²) in [5, 5.41) is 20.2. The number of carboxylic acids is 1. The number of aliphatic hydroxyl groups is 1. The predicted molar refractivity (Wildman–Crippen MR) is 56.8 cm³/mol. The highest BCUT2D eigenvalue weighted by molar-refractivity contribution is 5.87. The molecular formula is C11H14FNO3. The molecule has 0 amide bonds. The van der Waals surface area contributed by atoms with Crippen molar-refractivity contribution >= 4 is 5.97 Å². The summed E-state index contributed by atoms with van der Waals surface area (Å²) < 4.78 is 13.2. The van der Waals surface area contributed by atoms with Gasteiger partial charge in [-0.15, -0.1) is 0 Å². The summed E-state index contributed by atoms with van der Waals surface area (Å²) in [6.07, 6.45) is 0.635. The number of nitrogens with one attached hydrogen (secondary N) is 1. The average Bonchev–Trinajstić information content (AvgIpc) is 2.24. The van der Waals surface area contributed by atoms with Crippen LogP contribution in [0.3, 0.4) is 0 Å². The van der Waals surface area contributed by atoms with E-state index in [-0.39, 0.29) is 12.2 Å². The predicted octanol–water partition coefficient (Wildman–Crippen LogP) is 0.996. The Kier molecular flexibility index (Phi) is 4.88. The van der Waals surface area contributed by atoms with Crippen LogP contribution in [0.4, 0.5) is 4.39 Å². The molecule has 0 radical (unpaired) electrons. The van der Waals surface area contributed by atoms with Gasteiger partial charge in [0.15, 0.2) is 0 Å². The lowest BCUT2D eigenvalue weighted by molar-refractivity contribution is 0.0692. The van der Waals surface area contributed by atoms with Crippen LogP contribution in [0.15, 0.2) is 18.2 Å². The van der Waals surface area contributed by atoms with Gasteiger partial charge in [-0.1, -0.05) is 6.07 Å². The van der Waals surface area contributed by atoms with Gasteiger partial charge in [-0.05, 0) is 30.7 Å². The van der Waals surface area contributed by atoms with Gasteiger partial charge in [-0.2, -0.15) is 0 Å². The lowest BCUT2D eigenvalue weighted by Gasteiger charge is -2.05. The molecule has 0 heterocycles. The minimum atomic E-state index is -1.27. The Morgan fingerprint density at radius 1 is 1.44 bits per heavy atom. The first-order chi connectivity index (χ1) is 7.65. The van der Waals surface area contributed by atoms with Crippen molar-refractivity contribution in [1.82, 2.24) is 5.32 Å². The van der Waals surface area contributed by atoms with Crippen LogP contribution < -0.4 is 5.32 Å². The highest BCUT2D eigenvalue weighted by Gasteiger charge is 2.09. The van der Waals surface area contributed by atoms with E-state index in [0.717, 1.165) is 0 Å². The van der Waals surface area contributed by atoms with Crippen molar-refractivity contribution in [2.45, 2.75) is 13.0 Å². The molecule has 0 saturated heterocycles. The van der Waals surface area contributed by atoms with Crippen molar-refractivity contribution in [3.63, 3.8) is 0 Å². The zero-order chi connectivity index (χ0) is 12.0. The fraction of sp³-hybridized carbons (Fsp3) is 0.364. The standard InChI is InChI=1S/C11H14FNO3/c12-10-6-8(7-13-4-1-5-14)2-3-9(10)11(15)16/h2-3,6,13-14H,1,4-5,7H2,(H,15,16). The third-order valence-corrected chi connectivity index (χ3v) is 2.10. The number of halogens is 1. The van der Waals surface area contributed by atoms with E-state index < -0.39 is 11.8 Å². The van der Waals surface area contributed by atoms with E-state index in [1.807, 2.05) is 0 Å². The molecule has 0 aliphatic carbocycles. The van der Waals surface area contributed by atoms with Gasteiger partial charge in [0.2, 0.25) is 0 Å². The number of benzene rings is 1. The molecule has 4 nitrogen and oxygen atoms in total. The van der Waals surface area contributed by atoms with Gasteiger partial charge in [-0.25, -0.2) is 9.18 Å². The minimum Gasteiger partial charge on any atom is -0.478 e. The molecule has 3 N–H and O–H groups in total. The van der Waals surface area contributed by atoms with Crippen LogP contribution in [0.25, 0.3) is 0 Å². The van der Waals surface area contributed by atoms with E-state index in [0.29, 0.717) is 25.1 Å². The van der Waals surface area contributed by atoms with Gasteiger partial charge in [0.1, 0.15) is 5.82 Å². The van der Waals surface area contributed by atoms with Gasteiger partial charge in [0, 0.05) is 13.2 Å². The number of aromatic carboxylic acids is 1. The van der Waals surface area contributed by atoms with Crippen LogP contribution in [0.2, 0.25) is 0 Å². The maximum atomic E-state index is 13.2. The Morgan fingerprint density at radius 2 is 2.19 bits per heavy atom. The molecule has 0 atom stereocenters. The van der Waals surface area contributed by atoms with Crippen LogP contribution in [-0.2, 0) is 6.54 Å². The van der Waals surface area contributed by atoms with E-state index in [2.05, 4.69) is 5.32 Å². The summed E-state index contributed by atoms with van der Waals surface area (Å²) in [4.78, 5) is 10.5. The Labute approximate surface area is 92.7 Å². The summed E-state index contributed by atoms with van der Waals surface area (Å²) in [5.41, 5.74) is 0.361. The van der Waals surface area contributed by atoms with Crippen molar-refractivity contribution < 1.29 is 19.4 Å². The molecule has 0 aliphatic heterocycles. The zero-order valence-corrected chi connectivity index (χ0v) is 8.74. The van der Waals surface area contributed by atoms with E-state index >= 15 is 0 Å². The van der Waals surface area contributed by atoms with Crippen LogP contribution >= 0.6 is 0 Å². The second kappa shape index (κ2) is 6.19. The summed E-state index contributed by atoms with van der Waals surface area (Å²) in [6.45, 7) is 1.20. The Balaban J connectivity index is 2.56. The molecule has 0 unspecified atom stereocenters. The van der Waals surface area contributed by atoms with Gasteiger partial charge in [0.05, 0.1) is 5.56 Å². The average molecular weight is 227 g/mol. The summed E-state index contributed by atoms with van der Waals surface area (Å²) in [5.74, 6) is -1.99. The monoisotopic (exact) mass is 227 g/mol. The summed E-state index contributed by atoms with van der Waals surface area (Å²) in [6, 6.07) is 4.02. The van der Waals surface area contributed by atoms with Crippen molar-refractivity contribution in [1.29, 1.82) is 0 Å². The van der Waals surface area contributed by atoms with Crippen molar-refractivity contribution in [3.8, 4) is 0 Å². The number of carboxylic acid groups (broad SMARTS) is 1. The lowest BCUT2D eigenvalue weighted by Crippen LogP contribution is -2.16. The molecule has 88 valence electrons. The van der Waals surface area contributed by atoms with E-state index in [1.54, 1.807) is 6.07 Å². The normalized spacial score (nSPS) is 10.4. The van der Waals surface area contributed by atoms with Crippen LogP contribution in [-0.4, -0.2) is 29.3 Å².